The van der Waals surface area contributed by atoms with Crippen LogP contribution in [-0.2, 0) is 21.0 Å². The largest absolute Gasteiger partial charge is 0.465 e. The van der Waals surface area contributed by atoms with Crippen LogP contribution in [-0.4, -0.2) is 26.4 Å². The summed E-state index contributed by atoms with van der Waals surface area (Å²) in [4.78, 5) is 10.9. The number of sulfone groups is 1. The smallest absolute Gasteiger partial charge is 0.338 e. The fourth-order valence-electron chi connectivity index (χ4n) is 2.20. The Bertz CT molecular complexity index is 647. The van der Waals surface area contributed by atoms with Gasteiger partial charge in [0.1, 0.15) is 4.87 Å². The lowest BCUT2D eigenvalue weighted by Crippen LogP contribution is -2.33. The average molecular weight is 283 g/mol. The van der Waals surface area contributed by atoms with E-state index in [0.29, 0.717) is 23.2 Å². The Hall–Kier alpha value is -1.56. The predicted molar refractivity (Wildman–Crippen MR) is 72.0 cm³/mol. The Labute approximate surface area is 112 Å². The molecule has 0 atom stereocenters. The summed E-state index contributed by atoms with van der Waals surface area (Å²) in [5.74, 6) is -0.455. The number of esters is 1. The molecular formula is C13H17NO4S. The standard InChI is InChI=1S/C13H17NO4S/c1-5-8-6-11-10(7-9(8)12(15)18-4)14-13(2,3)19(11,16)17/h6-7,14H,5H2,1-4H3. The number of rotatable bonds is 2. The molecule has 0 radical (unpaired) electrons. The van der Waals surface area contributed by atoms with Gasteiger partial charge in [-0.3, -0.25) is 0 Å². The normalized spacial score (nSPS) is 18.5. The van der Waals surface area contributed by atoms with Gasteiger partial charge in [-0.15, -0.1) is 0 Å². The molecular weight excluding hydrogens is 266 g/mol. The van der Waals surface area contributed by atoms with Crippen LogP contribution in [0.2, 0.25) is 0 Å². The zero-order chi connectivity index (χ0) is 14.4. The van der Waals surface area contributed by atoms with E-state index in [9.17, 15) is 13.2 Å². The molecule has 1 aliphatic heterocycles. The van der Waals surface area contributed by atoms with Gasteiger partial charge in [0.25, 0.3) is 0 Å². The number of nitrogens with one attached hydrogen (secondary N) is 1. The molecule has 1 aliphatic rings. The lowest BCUT2D eigenvalue weighted by atomic mass is 10.0. The maximum Gasteiger partial charge on any atom is 0.338 e. The van der Waals surface area contributed by atoms with Crippen LogP contribution >= 0.6 is 0 Å². The van der Waals surface area contributed by atoms with Crippen molar-refractivity contribution < 1.29 is 17.9 Å². The highest BCUT2D eigenvalue weighted by molar-refractivity contribution is 7.93. The van der Waals surface area contributed by atoms with Crippen LogP contribution in [0.25, 0.3) is 0 Å². The van der Waals surface area contributed by atoms with Gasteiger partial charge >= 0.3 is 5.97 Å². The first kappa shape index (κ1) is 13.9. The molecule has 5 nitrogen and oxygen atoms in total. The molecule has 0 aliphatic carbocycles. The molecule has 0 saturated heterocycles. The van der Waals surface area contributed by atoms with Crippen LogP contribution in [0.5, 0.6) is 0 Å². The molecule has 0 amide bonds. The van der Waals surface area contributed by atoms with Crippen molar-refractivity contribution in [2.24, 2.45) is 0 Å². The van der Waals surface area contributed by atoms with Gasteiger partial charge in [-0.05, 0) is 38.0 Å². The molecule has 1 N–H and O–H groups in total. The Kier molecular flexibility index (Phi) is 3.09. The molecule has 104 valence electrons. The number of hydrogen-bond donors (Lipinski definition) is 1. The number of fused-ring (bicyclic) bond motifs is 1. The van der Waals surface area contributed by atoms with Gasteiger partial charge in [0.2, 0.25) is 9.84 Å². The summed E-state index contributed by atoms with van der Waals surface area (Å²) >= 11 is 0. The van der Waals surface area contributed by atoms with Crippen LogP contribution in [0.4, 0.5) is 5.69 Å². The quantitative estimate of drug-likeness (QED) is 0.840. The average Bonchev–Trinajstić information content (AvgIpc) is 2.53. The number of hydrogen-bond acceptors (Lipinski definition) is 5. The highest BCUT2D eigenvalue weighted by Crippen LogP contribution is 2.40. The second-order valence-electron chi connectivity index (χ2n) is 4.99. The van der Waals surface area contributed by atoms with Gasteiger partial charge < -0.3 is 10.1 Å². The zero-order valence-corrected chi connectivity index (χ0v) is 12.2. The Morgan fingerprint density at radius 3 is 2.53 bits per heavy atom. The van der Waals surface area contributed by atoms with Crippen molar-refractivity contribution in [1.29, 1.82) is 0 Å². The van der Waals surface area contributed by atoms with Crippen LogP contribution in [0, 0.1) is 0 Å². The molecule has 1 aromatic rings. The fourth-order valence-corrected chi connectivity index (χ4v) is 3.69. The second kappa shape index (κ2) is 4.23. The molecule has 6 heteroatoms. The number of carbonyl (C=O) groups is 1. The first-order chi connectivity index (χ1) is 8.74. The number of benzene rings is 1. The molecule has 0 aromatic heterocycles. The number of carbonyl (C=O) groups excluding carboxylic acids is 1. The van der Waals surface area contributed by atoms with Gasteiger partial charge in [0.15, 0.2) is 0 Å². The highest BCUT2D eigenvalue weighted by Gasteiger charge is 2.44. The summed E-state index contributed by atoms with van der Waals surface area (Å²) in [5, 5.41) is 2.94. The Morgan fingerprint density at radius 2 is 2.00 bits per heavy atom. The van der Waals surface area contributed by atoms with Gasteiger partial charge in [-0.1, -0.05) is 6.92 Å². The summed E-state index contributed by atoms with van der Waals surface area (Å²) in [5.41, 5.74) is 1.54. The molecule has 19 heavy (non-hydrogen) atoms. The molecule has 0 saturated carbocycles. The molecule has 0 spiro atoms. The third-order valence-corrected chi connectivity index (χ3v) is 5.75. The molecule has 0 bridgehead atoms. The van der Waals surface area contributed by atoms with E-state index < -0.39 is 20.7 Å². The summed E-state index contributed by atoms with van der Waals surface area (Å²) < 4.78 is 29.4. The Balaban J connectivity index is 2.70. The minimum atomic E-state index is -3.43. The minimum Gasteiger partial charge on any atom is -0.465 e. The van der Waals surface area contributed by atoms with Crippen molar-refractivity contribution in [2.45, 2.75) is 37.0 Å². The topological polar surface area (TPSA) is 72.5 Å². The fraction of sp³-hybridized carbons (Fsp3) is 0.462. The van der Waals surface area contributed by atoms with Crippen molar-refractivity contribution in [3.05, 3.63) is 23.3 Å². The van der Waals surface area contributed by atoms with E-state index in [1.54, 1.807) is 26.0 Å². The van der Waals surface area contributed by atoms with Crippen molar-refractivity contribution in [1.82, 2.24) is 0 Å². The third-order valence-electron chi connectivity index (χ3n) is 3.39. The lowest BCUT2D eigenvalue weighted by Gasteiger charge is -2.17. The van der Waals surface area contributed by atoms with E-state index in [1.807, 2.05) is 6.92 Å². The van der Waals surface area contributed by atoms with Crippen molar-refractivity contribution in [2.75, 3.05) is 12.4 Å². The zero-order valence-electron chi connectivity index (χ0n) is 11.4. The number of methoxy groups -OCH3 is 1. The summed E-state index contributed by atoms with van der Waals surface area (Å²) in [7, 11) is -2.12. The summed E-state index contributed by atoms with van der Waals surface area (Å²) in [6, 6.07) is 3.13. The van der Waals surface area contributed by atoms with Gasteiger partial charge in [0, 0.05) is 0 Å². The van der Waals surface area contributed by atoms with Crippen LogP contribution < -0.4 is 5.32 Å². The first-order valence-electron chi connectivity index (χ1n) is 6.02. The van der Waals surface area contributed by atoms with Crippen molar-refractivity contribution in [3.8, 4) is 0 Å². The lowest BCUT2D eigenvalue weighted by molar-refractivity contribution is 0.0599. The van der Waals surface area contributed by atoms with Crippen molar-refractivity contribution >= 4 is 21.5 Å². The SMILES string of the molecule is CCc1cc2c(cc1C(=O)OC)NC(C)(C)S2(=O)=O. The van der Waals surface area contributed by atoms with E-state index in [2.05, 4.69) is 5.32 Å². The van der Waals surface area contributed by atoms with Crippen molar-refractivity contribution in [3.63, 3.8) is 0 Å². The first-order valence-corrected chi connectivity index (χ1v) is 7.51. The predicted octanol–water partition coefficient (Wildman–Crippen LogP) is 1.97. The van der Waals surface area contributed by atoms with E-state index >= 15 is 0 Å². The summed E-state index contributed by atoms with van der Waals surface area (Å²) in [6.45, 7) is 5.08. The van der Waals surface area contributed by atoms with Crippen LogP contribution in [0.3, 0.4) is 0 Å². The highest BCUT2D eigenvalue weighted by atomic mass is 32.2. The molecule has 0 unspecified atom stereocenters. The van der Waals surface area contributed by atoms with E-state index in [-0.39, 0.29) is 4.90 Å². The molecule has 1 aromatic carbocycles. The molecule has 0 fully saturated rings. The van der Waals surface area contributed by atoms with Crippen LogP contribution in [0.15, 0.2) is 17.0 Å². The van der Waals surface area contributed by atoms with E-state index in [1.165, 1.54) is 7.11 Å². The minimum absolute atomic E-state index is 0.252. The van der Waals surface area contributed by atoms with Gasteiger partial charge in [-0.25, -0.2) is 13.2 Å². The molecule has 2 rings (SSSR count). The number of aryl methyl sites for hydroxylation is 1. The van der Waals surface area contributed by atoms with Gasteiger partial charge in [-0.2, -0.15) is 0 Å². The van der Waals surface area contributed by atoms with E-state index in [0.717, 1.165) is 0 Å². The van der Waals surface area contributed by atoms with Crippen LogP contribution in [0.1, 0.15) is 36.7 Å². The second-order valence-corrected chi connectivity index (χ2v) is 7.46. The van der Waals surface area contributed by atoms with E-state index in [4.69, 9.17) is 4.74 Å². The van der Waals surface area contributed by atoms with Gasteiger partial charge in [0.05, 0.1) is 23.3 Å². The maximum absolute atomic E-state index is 12.3. The Morgan fingerprint density at radius 1 is 1.37 bits per heavy atom. The third kappa shape index (κ3) is 1.90. The summed E-state index contributed by atoms with van der Waals surface area (Å²) in [6.07, 6.45) is 0.563. The number of ether oxygens (including phenoxy) is 1. The monoisotopic (exact) mass is 283 g/mol. The number of anilines is 1. The molecule has 1 heterocycles. The maximum atomic E-state index is 12.3.